The molecular formula is C23H44O. The molecule has 0 unspecified atom stereocenters. The van der Waals surface area contributed by atoms with Gasteiger partial charge in [-0.1, -0.05) is 116 Å². The molecule has 1 aliphatic rings. The number of unbranched alkanes of at least 4 members (excludes halogenated alkanes) is 12. The highest BCUT2D eigenvalue weighted by Crippen LogP contribution is 2.27. The molecule has 0 aliphatic heterocycles. The van der Waals surface area contributed by atoms with Crippen LogP contribution >= 0.6 is 0 Å². The highest BCUT2D eigenvalue weighted by atomic mass is 16.1. The first-order chi connectivity index (χ1) is 11.8. The molecular weight excluding hydrogens is 292 g/mol. The van der Waals surface area contributed by atoms with E-state index in [1.807, 2.05) is 0 Å². The summed E-state index contributed by atoms with van der Waals surface area (Å²) in [7, 11) is 0. The van der Waals surface area contributed by atoms with Gasteiger partial charge >= 0.3 is 0 Å². The minimum Gasteiger partial charge on any atom is -0.300 e. The Morgan fingerprint density at radius 3 is 1.62 bits per heavy atom. The summed E-state index contributed by atoms with van der Waals surface area (Å²) < 4.78 is 0. The summed E-state index contributed by atoms with van der Waals surface area (Å²) >= 11 is 0. The second-order valence-electron chi connectivity index (χ2n) is 8.24. The first-order valence-electron chi connectivity index (χ1n) is 11.3. The minimum atomic E-state index is 0.546. The Labute approximate surface area is 152 Å². The molecule has 0 aromatic rings. The first-order valence-corrected chi connectivity index (χ1v) is 11.3. The van der Waals surface area contributed by atoms with Crippen LogP contribution in [0.1, 0.15) is 135 Å². The van der Waals surface area contributed by atoms with Crippen molar-refractivity contribution in [3.8, 4) is 0 Å². The first kappa shape index (κ1) is 21.7. The van der Waals surface area contributed by atoms with Gasteiger partial charge in [0.05, 0.1) is 0 Å². The zero-order valence-electron chi connectivity index (χ0n) is 16.6. The summed E-state index contributed by atoms with van der Waals surface area (Å²) in [5.74, 6) is 1.28. The Kier molecular flexibility index (Phi) is 14.6. The van der Waals surface area contributed by atoms with E-state index in [0.717, 1.165) is 25.2 Å². The SMILES string of the molecule is CCCCCCCCCCCCCCCC(=O)CC1CCCCC1. The summed E-state index contributed by atoms with van der Waals surface area (Å²) in [4.78, 5) is 12.0. The summed E-state index contributed by atoms with van der Waals surface area (Å²) in [6.45, 7) is 2.28. The Balaban J connectivity index is 1.76. The van der Waals surface area contributed by atoms with Gasteiger partial charge in [-0.15, -0.1) is 0 Å². The third-order valence-corrected chi connectivity index (χ3v) is 5.80. The van der Waals surface area contributed by atoms with Crippen molar-refractivity contribution in [2.24, 2.45) is 5.92 Å². The fourth-order valence-corrected chi connectivity index (χ4v) is 4.16. The van der Waals surface area contributed by atoms with E-state index in [0.29, 0.717) is 5.78 Å². The monoisotopic (exact) mass is 336 g/mol. The van der Waals surface area contributed by atoms with Crippen LogP contribution in [0.25, 0.3) is 0 Å². The van der Waals surface area contributed by atoms with Gasteiger partial charge in [0.2, 0.25) is 0 Å². The highest BCUT2D eigenvalue weighted by molar-refractivity contribution is 5.78. The molecule has 0 spiro atoms. The number of hydrogen-bond acceptors (Lipinski definition) is 1. The topological polar surface area (TPSA) is 17.1 Å². The molecule has 24 heavy (non-hydrogen) atoms. The lowest BCUT2D eigenvalue weighted by atomic mass is 9.85. The molecule has 1 fully saturated rings. The smallest absolute Gasteiger partial charge is 0.133 e. The maximum atomic E-state index is 12.0. The van der Waals surface area contributed by atoms with Gasteiger partial charge in [-0.2, -0.15) is 0 Å². The van der Waals surface area contributed by atoms with Crippen molar-refractivity contribution in [3.05, 3.63) is 0 Å². The van der Waals surface area contributed by atoms with Crippen molar-refractivity contribution in [2.45, 2.75) is 135 Å². The average molecular weight is 337 g/mol. The van der Waals surface area contributed by atoms with Crippen LogP contribution in [0, 0.1) is 5.92 Å². The highest BCUT2D eigenvalue weighted by Gasteiger charge is 2.16. The van der Waals surface area contributed by atoms with Crippen LogP contribution in [-0.4, -0.2) is 5.78 Å². The van der Waals surface area contributed by atoms with Crippen LogP contribution in [0.4, 0.5) is 0 Å². The second-order valence-corrected chi connectivity index (χ2v) is 8.24. The van der Waals surface area contributed by atoms with Crippen LogP contribution in [-0.2, 0) is 4.79 Å². The standard InChI is InChI=1S/C23H44O/c1-2-3-4-5-6-7-8-9-10-11-12-13-17-20-23(24)21-22-18-15-14-16-19-22/h22H,2-21H2,1H3. The van der Waals surface area contributed by atoms with Crippen molar-refractivity contribution in [3.63, 3.8) is 0 Å². The number of hydrogen-bond donors (Lipinski definition) is 0. The van der Waals surface area contributed by atoms with Crippen LogP contribution in [0.5, 0.6) is 0 Å². The molecule has 0 radical (unpaired) electrons. The largest absolute Gasteiger partial charge is 0.300 e. The fraction of sp³-hybridized carbons (Fsp3) is 0.957. The van der Waals surface area contributed by atoms with Crippen molar-refractivity contribution in [2.75, 3.05) is 0 Å². The van der Waals surface area contributed by atoms with Gasteiger partial charge < -0.3 is 0 Å². The van der Waals surface area contributed by atoms with E-state index in [1.54, 1.807) is 0 Å². The van der Waals surface area contributed by atoms with Gasteiger partial charge in [-0.25, -0.2) is 0 Å². The molecule has 1 heteroatoms. The number of carbonyl (C=O) groups excluding carboxylic acids is 1. The van der Waals surface area contributed by atoms with E-state index >= 15 is 0 Å². The second kappa shape index (κ2) is 16.2. The summed E-state index contributed by atoms with van der Waals surface area (Å²) in [6.07, 6.45) is 26.4. The summed E-state index contributed by atoms with van der Waals surface area (Å²) in [5, 5.41) is 0. The number of carbonyl (C=O) groups is 1. The Morgan fingerprint density at radius 1 is 0.667 bits per heavy atom. The van der Waals surface area contributed by atoms with Gasteiger partial charge in [0.1, 0.15) is 5.78 Å². The maximum absolute atomic E-state index is 12.0. The molecule has 0 N–H and O–H groups in total. The van der Waals surface area contributed by atoms with Crippen LogP contribution in [0.3, 0.4) is 0 Å². The van der Waals surface area contributed by atoms with Crippen LogP contribution in [0.15, 0.2) is 0 Å². The fourth-order valence-electron chi connectivity index (χ4n) is 4.16. The zero-order chi connectivity index (χ0) is 17.3. The van der Waals surface area contributed by atoms with Crippen molar-refractivity contribution >= 4 is 5.78 Å². The van der Waals surface area contributed by atoms with Gasteiger partial charge in [0, 0.05) is 12.8 Å². The molecule has 0 atom stereocenters. The predicted molar refractivity (Wildman–Crippen MR) is 107 cm³/mol. The van der Waals surface area contributed by atoms with Gasteiger partial charge in [0.15, 0.2) is 0 Å². The van der Waals surface area contributed by atoms with E-state index in [4.69, 9.17) is 0 Å². The lowest BCUT2D eigenvalue weighted by molar-refractivity contribution is -0.120. The molecule has 0 aromatic carbocycles. The molecule has 0 saturated heterocycles. The normalized spacial score (nSPS) is 15.7. The molecule has 0 amide bonds. The molecule has 0 aromatic heterocycles. The summed E-state index contributed by atoms with van der Waals surface area (Å²) in [5.41, 5.74) is 0. The third kappa shape index (κ3) is 13.0. The zero-order valence-corrected chi connectivity index (χ0v) is 16.6. The Hall–Kier alpha value is -0.330. The van der Waals surface area contributed by atoms with E-state index < -0.39 is 0 Å². The summed E-state index contributed by atoms with van der Waals surface area (Å²) in [6, 6.07) is 0. The number of Topliss-reactive ketones (excluding diaryl/α,β-unsaturated/α-hetero) is 1. The van der Waals surface area contributed by atoms with Crippen molar-refractivity contribution in [1.29, 1.82) is 0 Å². The maximum Gasteiger partial charge on any atom is 0.133 e. The number of rotatable bonds is 16. The van der Waals surface area contributed by atoms with Gasteiger partial charge in [-0.05, 0) is 12.3 Å². The Morgan fingerprint density at radius 2 is 1.12 bits per heavy atom. The van der Waals surface area contributed by atoms with Crippen molar-refractivity contribution < 1.29 is 4.79 Å². The molecule has 142 valence electrons. The van der Waals surface area contributed by atoms with E-state index in [-0.39, 0.29) is 0 Å². The predicted octanol–water partition coefficient (Wildman–Crippen LogP) is 8.01. The Bertz CT molecular complexity index is 278. The molecule has 1 nitrogen and oxygen atoms in total. The van der Waals surface area contributed by atoms with Gasteiger partial charge in [0.25, 0.3) is 0 Å². The van der Waals surface area contributed by atoms with Crippen LogP contribution in [0.2, 0.25) is 0 Å². The van der Waals surface area contributed by atoms with Crippen LogP contribution < -0.4 is 0 Å². The molecule has 0 heterocycles. The van der Waals surface area contributed by atoms with E-state index in [1.165, 1.54) is 109 Å². The molecule has 1 saturated carbocycles. The molecule has 1 rings (SSSR count). The average Bonchev–Trinajstić information content (AvgIpc) is 2.60. The van der Waals surface area contributed by atoms with Gasteiger partial charge in [-0.3, -0.25) is 4.79 Å². The minimum absolute atomic E-state index is 0.546. The lowest BCUT2D eigenvalue weighted by Gasteiger charge is -2.20. The lowest BCUT2D eigenvalue weighted by Crippen LogP contribution is -2.11. The van der Waals surface area contributed by atoms with E-state index in [2.05, 4.69) is 6.92 Å². The number of ketones is 1. The van der Waals surface area contributed by atoms with Crippen molar-refractivity contribution in [1.82, 2.24) is 0 Å². The quantitative estimate of drug-likeness (QED) is 0.261. The molecule has 0 bridgehead atoms. The van der Waals surface area contributed by atoms with E-state index in [9.17, 15) is 4.79 Å². The molecule has 1 aliphatic carbocycles. The third-order valence-electron chi connectivity index (χ3n) is 5.80.